The average molecular weight is 235 g/mol. The van der Waals surface area contributed by atoms with Gasteiger partial charge < -0.3 is 10.1 Å². The molecule has 1 aromatic carbocycles. The molecule has 0 aliphatic carbocycles. The Morgan fingerprint density at radius 3 is 2.94 bits per heavy atom. The van der Waals surface area contributed by atoms with Crippen LogP contribution in [0.25, 0.3) is 0 Å². The molecule has 4 nitrogen and oxygen atoms in total. The Hall–Kier alpha value is -1.46. The minimum Gasteiger partial charge on any atom is -0.430 e. The smallest absolute Gasteiger partial charge is 0.299 e. The molecule has 0 radical (unpaired) electrons. The molecule has 2 aromatic rings. The molecule has 0 unspecified atom stereocenters. The van der Waals surface area contributed by atoms with E-state index in [2.05, 4.69) is 21.6 Å². The average Bonchev–Trinajstić information content (AvgIpc) is 2.65. The summed E-state index contributed by atoms with van der Waals surface area (Å²) in [7, 11) is 1.92. The quantitative estimate of drug-likeness (QED) is 0.883. The fourth-order valence-corrected chi connectivity index (χ4v) is 1.90. The molecule has 0 fully saturated rings. The second kappa shape index (κ2) is 5.05. The van der Waals surface area contributed by atoms with Crippen LogP contribution in [0.15, 0.2) is 24.3 Å². The number of aromatic nitrogens is 2. The van der Waals surface area contributed by atoms with Crippen molar-refractivity contribution >= 4 is 11.3 Å². The van der Waals surface area contributed by atoms with Crippen LogP contribution in [0.3, 0.4) is 0 Å². The molecule has 1 N–H and O–H groups in total. The SMILES string of the molecule is CNCc1cccc(Oc2nnc(C)s2)c1. The number of aryl methyl sites for hydroxylation is 1. The van der Waals surface area contributed by atoms with Gasteiger partial charge in [-0.2, -0.15) is 0 Å². The van der Waals surface area contributed by atoms with Crippen molar-refractivity contribution in [1.29, 1.82) is 0 Å². The van der Waals surface area contributed by atoms with Crippen LogP contribution in [-0.2, 0) is 6.54 Å². The Kier molecular flexibility index (Phi) is 3.48. The highest BCUT2D eigenvalue weighted by molar-refractivity contribution is 7.13. The van der Waals surface area contributed by atoms with E-state index in [4.69, 9.17) is 4.74 Å². The summed E-state index contributed by atoms with van der Waals surface area (Å²) in [4.78, 5) is 0. The molecule has 0 saturated carbocycles. The Balaban J connectivity index is 2.12. The summed E-state index contributed by atoms with van der Waals surface area (Å²) in [6.45, 7) is 2.73. The standard InChI is InChI=1S/C11H13N3OS/c1-8-13-14-11(16-8)15-10-5-3-4-9(6-10)7-12-2/h3-6,12H,7H2,1-2H3. The van der Waals surface area contributed by atoms with Gasteiger partial charge >= 0.3 is 0 Å². The molecule has 2 rings (SSSR count). The Morgan fingerprint density at radius 2 is 2.25 bits per heavy atom. The zero-order valence-corrected chi connectivity index (χ0v) is 10.0. The highest BCUT2D eigenvalue weighted by Gasteiger charge is 2.03. The first kappa shape index (κ1) is 11.0. The van der Waals surface area contributed by atoms with Gasteiger partial charge in [-0.15, -0.1) is 5.10 Å². The highest BCUT2D eigenvalue weighted by atomic mass is 32.1. The number of hydrogen-bond donors (Lipinski definition) is 1. The third kappa shape index (κ3) is 2.77. The van der Waals surface area contributed by atoms with Crippen molar-refractivity contribution in [2.24, 2.45) is 0 Å². The Morgan fingerprint density at radius 1 is 1.38 bits per heavy atom. The largest absolute Gasteiger partial charge is 0.430 e. The topological polar surface area (TPSA) is 47.0 Å². The molecule has 5 heteroatoms. The normalized spacial score (nSPS) is 10.4. The molecule has 0 atom stereocenters. The van der Waals surface area contributed by atoms with Crippen LogP contribution >= 0.6 is 11.3 Å². The van der Waals surface area contributed by atoms with Crippen molar-refractivity contribution in [2.75, 3.05) is 7.05 Å². The van der Waals surface area contributed by atoms with E-state index in [-0.39, 0.29) is 0 Å². The molecule has 16 heavy (non-hydrogen) atoms. The van der Waals surface area contributed by atoms with Crippen LogP contribution in [0, 0.1) is 6.92 Å². The zero-order chi connectivity index (χ0) is 11.4. The van der Waals surface area contributed by atoms with Crippen LogP contribution in [0.4, 0.5) is 0 Å². The summed E-state index contributed by atoms with van der Waals surface area (Å²) in [6, 6.07) is 7.92. The first-order chi connectivity index (χ1) is 7.78. The van der Waals surface area contributed by atoms with Crippen molar-refractivity contribution in [3.05, 3.63) is 34.8 Å². The number of ether oxygens (including phenoxy) is 1. The van der Waals surface area contributed by atoms with E-state index in [1.54, 1.807) is 0 Å². The monoisotopic (exact) mass is 235 g/mol. The minimum absolute atomic E-state index is 0.583. The first-order valence-corrected chi connectivity index (χ1v) is 5.81. The molecule has 84 valence electrons. The third-order valence-corrected chi connectivity index (χ3v) is 2.71. The lowest BCUT2D eigenvalue weighted by Gasteiger charge is -2.04. The maximum Gasteiger partial charge on any atom is 0.299 e. The van der Waals surface area contributed by atoms with E-state index >= 15 is 0 Å². The van der Waals surface area contributed by atoms with Gasteiger partial charge in [0.15, 0.2) is 0 Å². The fraction of sp³-hybridized carbons (Fsp3) is 0.273. The molecular weight excluding hydrogens is 222 g/mol. The predicted molar refractivity (Wildman–Crippen MR) is 63.9 cm³/mol. The van der Waals surface area contributed by atoms with Gasteiger partial charge in [-0.3, -0.25) is 0 Å². The predicted octanol–water partition coefficient (Wildman–Crippen LogP) is 2.36. The van der Waals surface area contributed by atoms with Crippen LogP contribution in [0.5, 0.6) is 10.9 Å². The highest BCUT2D eigenvalue weighted by Crippen LogP contribution is 2.24. The van der Waals surface area contributed by atoms with Crippen molar-refractivity contribution in [3.63, 3.8) is 0 Å². The second-order valence-electron chi connectivity index (χ2n) is 3.37. The molecule has 0 saturated heterocycles. The summed E-state index contributed by atoms with van der Waals surface area (Å²) >= 11 is 1.44. The molecule has 0 aliphatic heterocycles. The van der Waals surface area contributed by atoms with E-state index in [1.165, 1.54) is 16.9 Å². The van der Waals surface area contributed by atoms with E-state index in [0.29, 0.717) is 5.19 Å². The molecule has 0 spiro atoms. The van der Waals surface area contributed by atoms with E-state index in [9.17, 15) is 0 Å². The van der Waals surface area contributed by atoms with Gasteiger partial charge in [0, 0.05) is 6.54 Å². The Bertz CT molecular complexity index is 470. The molecule has 0 aliphatic rings. The molecule has 0 amide bonds. The van der Waals surface area contributed by atoms with Crippen molar-refractivity contribution in [3.8, 4) is 10.9 Å². The summed E-state index contributed by atoms with van der Waals surface area (Å²) in [6.07, 6.45) is 0. The fourth-order valence-electron chi connectivity index (χ4n) is 1.34. The van der Waals surface area contributed by atoms with Crippen LogP contribution in [0.1, 0.15) is 10.6 Å². The van der Waals surface area contributed by atoms with Gasteiger partial charge in [0.1, 0.15) is 10.8 Å². The number of rotatable bonds is 4. The van der Waals surface area contributed by atoms with Gasteiger partial charge in [0.05, 0.1) is 0 Å². The lowest BCUT2D eigenvalue weighted by Crippen LogP contribution is -2.04. The van der Waals surface area contributed by atoms with Crippen LogP contribution in [0.2, 0.25) is 0 Å². The molecule has 1 heterocycles. The number of hydrogen-bond acceptors (Lipinski definition) is 5. The van der Waals surface area contributed by atoms with Crippen LogP contribution < -0.4 is 10.1 Å². The third-order valence-electron chi connectivity index (χ3n) is 1.99. The second-order valence-corrected chi connectivity index (χ2v) is 4.51. The van der Waals surface area contributed by atoms with E-state index in [1.807, 2.05) is 32.2 Å². The maximum atomic E-state index is 5.60. The number of nitrogens with one attached hydrogen (secondary N) is 1. The van der Waals surface area contributed by atoms with Crippen LogP contribution in [-0.4, -0.2) is 17.2 Å². The van der Waals surface area contributed by atoms with Gasteiger partial charge in [-0.1, -0.05) is 28.6 Å². The van der Waals surface area contributed by atoms with Gasteiger partial charge in [0.2, 0.25) is 0 Å². The molecule has 0 bridgehead atoms. The van der Waals surface area contributed by atoms with Gasteiger partial charge in [-0.05, 0) is 31.7 Å². The van der Waals surface area contributed by atoms with Crippen molar-refractivity contribution in [2.45, 2.75) is 13.5 Å². The van der Waals surface area contributed by atoms with Crippen molar-refractivity contribution < 1.29 is 4.74 Å². The number of nitrogens with zero attached hydrogens (tertiary/aromatic N) is 2. The zero-order valence-electron chi connectivity index (χ0n) is 9.23. The van der Waals surface area contributed by atoms with E-state index in [0.717, 1.165) is 17.3 Å². The van der Waals surface area contributed by atoms with Gasteiger partial charge in [0.25, 0.3) is 5.19 Å². The van der Waals surface area contributed by atoms with E-state index < -0.39 is 0 Å². The Labute approximate surface area is 98.3 Å². The maximum absolute atomic E-state index is 5.60. The van der Waals surface area contributed by atoms with Gasteiger partial charge in [-0.25, -0.2) is 0 Å². The summed E-state index contributed by atoms with van der Waals surface area (Å²) in [5.41, 5.74) is 1.18. The lowest BCUT2D eigenvalue weighted by molar-refractivity contribution is 0.472. The number of benzene rings is 1. The molecule has 1 aromatic heterocycles. The summed E-state index contributed by atoms with van der Waals surface area (Å²) in [5, 5.41) is 12.4. The first-order valence-electron chi connectivity index (χ1n) is 4.99. The summed E-state index contributed by atoms with van der Waals surface area (Å²) in [5.74, 6) is 0.795. The lowest BCUT2D eigenvalue weighted by atomic mass is 10.2. The van der Waals surface area contributed by atoms with Crippen molar-refractivity contribution in [1.82, 2.24) is 15.5 Å². The minimum atomic E-state index is 0.583. The summed E-state index contributed by atoms with van der Waals surface area (Å²) < 4.78 is 5.60. The molecular formula is C11H13N3OS.